The third kappa shape index (κ3) is 5.22. The fourth-order valence-electron chi connectivity index (χ4n) is 3.73. The molecular weight excluding hydrogens is 368 g/mol. The fourth-order valence-corrected chi connectivity index (χ4v) is 4.42. The van der Waals surface area contributed by atoms with Crippen molar-refractivity contribution in [2.24, 2.45) is 11.8 Å². The fraction of sp³-hybridized carbons (Fsp3) is 0.478. The number of amides is 2. The van der Waals surface area contributed by atoms with Crippen LogP contribution in [-0.4, -0.2) is 29.8 Å². The molecule has 3 rings (SSSR count). The van der Waals surface area contributed by atoms with E-state index in [0.29, 0.717) is 19.0 Å². The minimum atomic E-state index is -0.0185. The van der Waals surface area contributed by atoms with Crippen LogP contribution in [-0.2, 0) is 11.2 Å². The minimum Gasteiger partial charge on any atom is -0.349 e. The molecule has 1 fully saturated rings. The lowest BCUT2D eigenvalue weighted by atomic mass is 9.94. The molecule has 1 aromatic carbocycles. The van der Waals surface area contributed by atoms with E-state index < -0.39 is 0 Å². The predicted octanol–water partition coefficient (Wildman–Crippen LogP) is 4.68. The Kier molecular flexibility index (Phi) is 6.89. The molecule has 0 spiro atoms. The van der Waals surface area contributed by atoms with Gasteiger partial charge in [0.05, 0.1) is 10.9 Å². The van der Waals surface area contributed by atoms with Crippen molar-refractivity contribution in [1.82, 2.24) is 10.2 Å². The van der Waals surface area contributed by atoms with E-state index >= 15 is 0 Å². The van der Waals surface area contributed by atoms with Crippen LogP contribution < -0.4 is 5.32 Å². The van der Waals surface area contributed by atoms with Crippen LogP contribution in [0.3, 0.4) is 0 Å². The third-order valence-electron chi connectivity index (χ3n) is 5.37. The van der Waals surface area contributed by atoms with Crippen molar-refractivity contribution in [3.8, 4) is 0 Å². The predicted molar refractivity (Wildman–Crippen MR) is 114 cm³/mol. The minimum absolute atomic E-state index is 0.00798. The van der Waals surface area contributed by atoms with Gasteiger partial charge in [0.2, 0.25) is 5.91 Å². The zero-order valence-electron chi connectivity index (χ0n) is 17.0. The first kappa shape index (κ1) is 20.6. The second-order valence-corrected chi connectivity index (χ2v) is 9.06. The molecule has 0 radical (unpaired) electrons. The number of piperidine rings is 1. The second kappa shape index (κ2) is 9.37. The zero-order valence-corrected chi connectivity index (χ0v) is 17.8. The molecule has 0 unspecified atom stereocenters. The van der Waals surface area contributed by atoms with Crippen molar-refractivity contribution in [3.05, 3.63) is 57.8 Å². The van der Waals surface area contributed by atoms with Gasteiger partial charge >= 0.3 is 0 Å². The van der Waals surface area contributed by atoms with E-state index in [1.165, 1.54) is 16.9 Å². The van der Waals surface area contributed by atoms with Crippen molar-refractivity contribution < 1.29 is 9.59 Å². The van der Waals surface area contributed by atoms with Crippen LogP contribution in [0.5, 0.6) is 0 Å². The van der Waals surface area contributed by atoms with E-state index in [1.807, 2.05) is 29.3 Å². The molecule has 28 heavy (non-hydrogen) atoms. The van der Waals surface area contributed by atoms with Crippen LogP contribution in [0.25, 0.3) is 0 Å². The normalized spacial score (nSPS) is 16.2. The molecule has 150 valence electrons. The zero-order chi connectivity index (χ0) is 20.1. The van der Waals surface area contributed by atoms with Crippen LogP contribution in [0.2, 0.25) is 0 Å². The highest BCUT2D eigenvalue weighted by Gasteiger charge is 2.28. The van der Waals surface area contributed by atoms with E-state index in [9.17, 15) is 9.59 Å². The maximum absolute atomic E-state index is 12.7. The van der Waals surface area contributed by atoms with Crippen molar-refractivity contribution in [2.75, 3.05) is 13.1 Å². The maximum atomic E-state index is 12.7. The van der Waals surface area contributed by atoms with Crippen molar-refractivity contribution in [2.45, 2.75) is 46.1 Å². The van der Waals surface area contributed by atoms with Gasteiger partial charge < -0.3 is 10.2 Å². The SMILES string of the molecule is CC(C)Cc1ccc([C@@H](C)NC(=O)C2CCN(C(=O)c3cccs3)CC2)cc1. The molecule has 2 amide bonds. The highest BCUT2D eigenvalue weighted by Crippen LogP contribution is 2.22. The summed E-state index contributed by atoms with van der Waals surface area (Å²) in [5.41, 5.74) is 2.46. The van der Waals surface area contributed by atoms with Gasteiger partial charge in [0, 0.05) is 19.0 Å². The Morgan fingerprint density at radius 3 is 2.36 bits per heavy atom. The number of hydrogen-bond acceptors (Lipinski definition) is 3. The van der Waals surface area contributed by atoms with Gasteiger partial charge in [0.1, 0.15) is 0 Å². The van der Waals surface area contributed by atoms with Crippen molar-refractivity contribution in [3.63, 3.8) is 0 Å². The van der Waals surface area contributed by atoms with Gasteiger partial charge in [-0.1, -0.05) is 44.2 Å². The van der Waals surface area contributed by atoms with Crippen LogP contribution in [0.1, 0.15) is 60.5 Å². The van der Waals surface area contributed by atoms with Crippen LogP contribution in [0.15, 0.2) is 41.8 Å². The molecule has 2 aromatic rings. The van der Waals surface area contributed by atoms with E-state index in [2.05, 4.69) is 43.4 Å². The van der Waals surface area contributed by atoms with E-state index in [-0.39, 0.29) is 23.8 Å². The largest absolute Gasteiger partial charge is 0.349 e. The molecule has 5 heteroatoms. The molecule has 1 atom stereocenters. The molecule has 1 N–H and O–H groups in total. The first-order valence-electron chi connectivity index (χ1n) is 10.2. The molecule has 1 aliphatic rings. The maximum Gasteiger partial charge on any atom is 0.263 e. The van der Waals surface area contributed by atoms with Gasteiger partial charge in [0.25, 0.3) is 5.91 Å². The third-order valence-corrected chi connectivity index (χ3v) is 6.23. The lowest BCUT2D eigenvalue weighted by molar-refractivity contribution is -0.126. The highest BCUT2D eigenvalue weighted by atomic mass is 32.1. The molecule has 0 bridgehead atoms. The Labute approximate surface area is 172 Å². The Morgan fingerprint density at radius 1 is 1.11 bits per heavy atom. The summed E-state index contributed by atoms with van der Waals surface area (Å²) in [6, 6.07) is 12.3. The number of benzene rings is 1. The number of thiophene rings is 1. The Hall–Kier alpha value is -2.14. The second-order valence-electron chi connectivity index (χ2n) is 8.11. The monoisotopic (exact) mass is 398 g/mol. The lowest BCUT2D eigenvalue weighted by Crippen LogP contribution is -2.43. The number of nitrogens with zero attached hydrogens (tertiary/aromatic N) is 1. The van der Waals surface area contributed by atoms with Crippen LogP contribution in [0, 0.1) is 11.8 Å². The first-order chi connectivity index (χ1) is 13.4. The number of nitrogens with one attached hydrogen (secondary N) is 1. The summed E-state index contributed by atoms with van der Waals surface area (Å²) in [7, 11) is 0. The molecule has 2 heterocycles. The van der Waals surface area contributed by atoms with Gasteiger partial charge in [-0.2, -0.15) is 0 Å². The first-order valence-corrected chi connectivity index (χ1v) is 11.0. The van der Waals surface area contributed by atoms with Gasteiger partial charge in [-0.25, -0.2) is 0 Å². The summed E-state index contributed by atoms with van der Waals surface area (Å²) in [6.07, 6.45) is 2.52. The van der Waals surface area contributed by atoms with Gasteiger partial charge in [0.15, 0.2) is 0 Å². The van der Waals surface area contributed by atoms with Crippen LogP contribution >= 0.6 is 11.3 Å². The molecule has 0 aliphatic carbocycles. The van der Waals surface area contributed by atoms with Gasteiger partial charge in [-0.3, -0.25) is 9.59 Å². The number of likely N-dealkylation sites (tertiary alicyclic amines) is 1. The number of hydrogen-bond donors (Lipinski definition) is 1. The van der Waals surface area contributed by atoms with Gasteiger partial charge in [-0.15, -0.1) is 11.3 Å². The summed E-state index contributed by atoms with van der Waals surface area (Å²) >= 11 is 1.47. The lowest BCUT2D eigenvalue weighted by Gasteiger charge is -2.31. The molecule has 1 aromatic heterocycles. The summed E-state index contributed by atoms with van der Waals surface area (Å²) in [4.78, 5) is 27.8. The number of carbonyl (C=O) groups is 2. The van der Waals surface area contributed by atoms with Gasteiger partial charge in [-0.05, 0) is 54.7 Å². The molecular formula is C23H30N2O2S. The standard InChI is InChI=1S/C23H30N2O2S/c1-16(2)15-18-6-8-19(9-7-18)17(3)24-22(26)20-10-12-25(13-11-20)23(27)21-5-4-14-28-21/h4-9,14,16-17,20H,10-13,15H2,1-3H3,(H,24,26)/t17-/m1/s1. The quantitative estimate of drug-likeness (QED) is 0.768. The molecule has 1 aliphatic heterocycles. The van der Waals surface area contributed by atoms with E-state index in [4.69, 9.17) is 0 Å². The van der Waals surface area contributed by atoms with E-state index in [0.717, 1.165) is 29.7 Å². The average Bonchev–Trinajstić information content (AvgIpc) is 3.22. The molecule has 4 nitrogen and oxygen atoms in total. The summed E-state index contributed by atoms with van der Waals surface area (Å²) in [5.74, 6) is 0.807. The smallest absolute Gasteiger partial charge is 0.263 e. The summed E-state index contributed by atoms with van der Waals surface area (Å²) in [5, 5.41) is 5.08. The van der Waals surface area contributed by atoms with E-state index in [1.54, 1.807) is 0 Å². The van der Waals surface area contributed by atoms with Crippen molar-refractivity contribution in [1.29, 1.82) is 0 Å². The Balaban J connectivity index is 1.49. The topological polar surface area (TPSA) is 49.4 Å². The highest BCUT2D eigenvalue weighted by molar-refractivity contribution is 7.12. The van der Waals surface area contributed by atoms with Crippen molar-refractivity contribution >= 4 is 23.2 Å². The number of rotatable bonds is 6. The Bertz CT molecular complexity index is 775. The average molecular weight is 399 g/mol. The molecule has 1 saturated heterocycles. The Morgan fingerprint density at radius 2 is 1.79 bits per heavy atom. The molecule has 0 saturated carbocycles. The summed E-state index contributed by atoms with van der Waals surface area (Å²) < 4.78 is 0. The summed E-state index contributed by atoms with van der Waals surface area (Å²) in [6.45, 7) is 7.76. The number of carbonyl (C=O) groups excluding carboxylic acids is 2. The van der Waals surface area contributed by atoms with Crippen LogP contribution in [0.4, 0.5) is 0 Å².